The molecular weight excluding hydrogens is 467 g/mol. The monoisotopic (exact) mass is 498 g/mol. The van der Waals surface area contributed by atoms with Gasteiger partial charge in [-0.3, -0.25) is 14.5 Å². The normalized spacial score (nSPS) is 20.2. The predicted octanol–water partition coefficient (Wildman–Crippen LogP) is 3.38. The van der Waals surface area contributed by atoms with Crippen molar-refractivity contribution in [3.8, 4) is 11.5 Å². The van der Waals surface area contributed by atoms with Crippen molar-refractivity contribution >= 4 is 17.4 Å². The molecule has 2 saturated heterocycles. The fraction of sp³-hybridized carbons (Fsp3) is 0.407. The number of rotatable bonds is 8. The first kappa shape index (κ1) is 25.7. The Morgan fingerprint density at radius 2 is 1.83 bits per heavy atom. The van der Waals surface area contributed by atoms with Gasteiger partial charge in [-0.1, -0.05) is 18.2 Å². The van der Waals surface area contributed by atoms with Gasteiger partial charge < -0.3 is 24.2 Å². The molecule has 9 heteroatoms. The van der Waals surface area contributed by atoms with Gasteiger partial charge in [-0.15, -0.1) is 0 Å². The average Bonchev–Trinajstić information content (AvgIpc) is 3.13. The quantitative estimate of drug-likeness (QED) is 0.339. The fourth-order valence-corrected chi connectivity index (χ4v) is 4.55. The number of benzene rings is 2. The summed E-state index contributed by atoms with van der Waals surface area (Å²) in [6, 6.07) is 10.1. The number of likely N-dealkylation sites (tertiary alicyclic amines) is 1. The van der Waals surface area contributed by atoms with Gasteiger partial charge in [-0.2, -0.15) is 0 Å². The SMILES string of the molecule is COc1ccccc1[C@H]1/C(=C(\O)c2ccc(OC(C)C)c(F)c2)C(=O)C(=O)N1CCN1CCOCC1. The third kappa shape index (κ3) is 5.22. The molecule has 8 nitrogen and oxygen atoms in total. The largest absolute Gasteiger partial charge is 0.507 e. The van der Waals surface area contributed by atoms with Crippen LogP contribution in [0.1, 0.15) is 31.0 Å². The van der Waals surface area contributed by atoms with Gasteiger partial charge in [-0.05, 0) is 38.1 Å². The van der Waals surface area contributed by atoms with E-state index in [4.69, 9.17) is 14.2 Å². The van der Waals surface area contributed by atoms with Crippen LogP contribution in [0.15, 0.2) is 48.0 Å². The number of aliphatic hydroxyl groups is 1. The van der Waals surface area contributed by atoms with Gasteiger partial charge in [0, 0.05) is 37.3 Å². The van der Waals surface area contributed by atoms with Crippen LogP contribution in [0.5, 0.6) is 11.5 Å². The molecule has 0 radical (unpaired) electrons. The molecule has 2 heterocycles. The molecule has 1 atom stereocenters. The highest BCUT2D eigenvalue weighted by atomic mass is 19.1. The number of ether oxygens (including phenoxy) is 3. The third-order valence-corrected chi connectivity index (χ3v) is 6.30. The Balaban J connectivity index is 1.76. The Bertz CT molecular complexity index is 1160. The number of morpholine rings is 1. The Hall–Kier alpha value is -3.43. The molecular formula is C27H31FN2O6. The minimum absolute atomic E-state index is 0.0359. The van der Waals surface area contributed by atoms with E-state index in [1.807, 2.05) is 0 Å². The zero-order chi connectivity index (χ0) is 25.8. The van der Waals surface area contributed by atoms with Crippen LogP contribution in [0.2, 0.25) is 0 Å². The van der Waals surface area contributed by atoms with E-state index in [1.54, 1.807) is 38.1 Å². The maximum absolute atomic E-state index is 14.7. The molecule has 1 N–H and O–H groups in total. The summed E-state index contributed by atoms with van der Waals surface area (Å²) in [5.74, 6) is -2.17. The molecule has 0 aliphatic carbocycles. The number of ketones is 1. The van der Waals surface area contributed by atoms with E-state index in [1.165, 1.54) is 24.1 Å². The number of halogens is 1. The number of hydrogen-bond donors (Lipinski definition) is 1. The number of Topliss-reactive ketones (excluding diaryl/α,β-unsaturated/α-hetero) is 1. The highest BCUT2D eigenvalue weighted by molar-refractivity contribution is 6.46. The third-order valence-electron chi connectivity index (χ3n) is 6.30. The lowest BCUT2D eigenvalue weighted by atomic mass is 9.94. The lowest BCUT2D eigenvalue weighted by molar-refractivity contribution is -0.140. The Morgan fingerprint density at radius 3 is 2.50 bits per heavy atom. The van der Waals surface area contributed by atoms with Crippen LogP contribution in [-0.4, -0.2) is 79.2 Å². The van der Waals surface area contributed by atoms with Crippen LogP contribution >= 0.6 is 0 Å². The van der Waals surface area contributed by atoms with Crippen molar-refractivity contribution in [1.29, 1.82) is 0 Å². The van der Waals surface area contributed by atoms with Crippen molar-refractivity contribution in [2.75, 3.05) is 46.5 Å². The summed E-state index contributed by atoms with van der Waals surface area (Å²) in [5.41, 5.74) is 0.529. The number of nitrogens with zero attached hydrogens (tertiary/aromatic N) is 2. The van der Waals surface area contributed by atoms with Gasteiger partial charge in [0.2, 0.25) is 0 Å². The molecule has 192 valence electrons. The van der Waals surface area contributed by atoms with Gasteiger partial charge in [-0.25, -0.2) is 4.39 Å². The Kier molecular flexibility index (Phi) is 7.91. The van der Waals surface area contributed by atoms with E-state index in [2.05, 4.69) is 4.90 Å². The first-order chi connectivity index (χ1) is 17.3. The predicted molar refractivity (Wildman–Crippen MR) is 131 cm³/mol. The highest BCUT2D eigenvalue weighted by Gasteiger charge is 2.47. The Labute approximate surface area is 209 Å². The summed E-state index contributed by atoms with van der Waals surface area (Å²) in [5, 5.41) is 11.2. The number of carbonyl (C=O) groups is 2. The van der Waals surface area contributed by atoms with Gasteiger partial charge in [0.15, 0.2) is 11.6 Å². The van der Waals surface area contributed by atoms with Crippen LogP contribution < -0.4 is 9.47 Å². The lowest BCUT2D eigenvalue weighted by Crippen LogP contribution is -2.42. The van der Waals surface area contributed by atoms with Crippen molar-refractivity contribution in [2.24, 2.45) is 0 Å². The average molecular weight is 499 g/mol. The van der Waals surface area contributed by atoms with Gasteiger partial charge in [0.05, 0.1) is 38.0 Å². The number of hydrogen-bond acceptors (Lipinski definition) is 7. The molecule has 2 aliphatic heterocycles. The summed E-state index contributed by atoms with van der Waals surface area (Å²) >= 11 is 0. The van der Waals surface area contributed by atoms with E-state index in [0.717, 1.165) is 19.2 Å². The zero-order valence-corrected chi connectivity index (χ0v) is 20.7. The second-order valence-electron chi connectivity index (χ2n) is 9.00. The van der Waals surface area contributed by atoms with Gasteiger partial charge in [0.1, 0.15) is 11.5 Å². The molecule has 0 bridgehead atoms. The van der Waals surface area contributed by atoms with Crippen LogP contribution in [0, 0.1) is 5.82 Å². The second-order valence-corrected chi connectivity index (χ2v) is 9.00. The highest BCUT2D eigenvalue weighted by Crippen LogP contribution is 2.42. The summed E-state index contributed by atoms with van der Waals surface area (Å²) in [4.78, 5) is 30.1. The summed E-state index contributed by atoms with van der Waals surface area (Å²) in [6.45, 7) is 7.03. The van der Waals surface area contributed by atoms with Gasteiger partial charge >= 0.3 is 0 Å². The van der Waals surface area contributed by atoms with Crippen molar-refractivity contribution < 1.29 is 33.3 Å². The summed E-state index contributed by atoms with van der Waals surface area (Å²) in [7, 11) is 1.50. The van der Waals surface area contributed by atoms with Crippen LogP contribution in [0.3, 0.4) is 0 Å². The number of carbonyl (C=O) groups excluding carboxylic acids is 2. The fourth-order valence-electron chi connectivity index (χ4n) is 4.55. The Morgan fingerprint density at radius 1 is 1.11 bits per heavy atom. The van der Waals surface area contributed by atoms with E-state index >= 15 is 0 Å². The molecule has 0 unspecified atom stereocenters. The van der Waals surface area contributed by atoms with Crippen LogP contribution in [-0.2, 0) is 14.3 Å². The molecule has 36 heavy (non-hydrogen) atoms. The van der Waals surface area contributed by atoms with Gasteiger partial charge in [0.25, 0.3) is 11.7 Å². The summed E-state index contributed by atoms with van der Waals surface area (Å²) in [6.07, 6.45) is -0.235. The first-order valence-electron chi connectivity index (χ1n) is 12.0. The minimum atomic E-state index is -0.892. The van der Waals surface area contributed by atoms with Crippen LogP contribution in [0.25, 0.3) is 5.76 Å². The standard InChI is InChI=1S/C27H31FN2O6/c1-17(2)36-22-9-8-18(16-20(22)28)25(31)23-24(19-6-4-5-7-21(19)34-3)30(27(33)26(23)32)11-10-29-12-14-35-15-13-29/h4-9,16-17,24,31H,10-15H2,1-3H3/b25-23+/t24-/m0/s1. The molecule has 4 rings (SSSR count). The minimum Gasteiger partial charge on any atom is -0.507 e. The molecule has 2 aromatic rings. The summed E-state index contributed by atoms with van der Waals surface area (Å²) < 4.78 is 31.1. The maximum Gasteiger partial charge on any atom is 0.295 e. The molecule has 2 fully saturated rings. The van der Waals surface area contributed by atoms with Crippen molar-refractivity contribution in [2.45, 2.75) is 26.0 Å². The van der Waals surface area contributed by atoms with E-state index in [-0.39, 0.29) is 29.5 Å². The van der Waals surface area contributed by atoms with Crippen molar-refractivity contribution in [3.05, 3.63) is 65.0 Å². The number of para-hydroxylation sites is 1. The van der Waals surface area contributed by atoms with E-state index in [0.29, 0.717) is 31.1 Å². The van der Waals surface area contributed by atoms with Crippen LogP contribution in [0.4, 0.5) is 4.39 Å². The van der Waals surface area contributed by atoms with Crippen molar-refractivity contribution in [3.63, 3.8) is 0 Å². The zero-order valence-electron chi connectivity index (χ0n) is 20.7. The van der Waals surface area contributed by atoms with E-state index < -0.39 is 29.3 Å². The molecule has 0 saturated carbocycles. The number of aliphatic hydroxyl groups excluding tert-OH is 1. The number of methoxy groups -OCH3 is 1. The maximum atomic E-state index is 14.7. The molecule has 2 aromatic carbocycles. The molecule has 0 spiro atoms. The molecule has 1 amide bonds. The van der Waals surface area contributed by atoms with E-state index in [9.17, 15) is 19.1 Å². The lowest BCUT2D eigenvalue weighted by Gasteiger charge is -2.31. The van der Waals surface area contributed by atoms with Crippen molar-refractivity contribution in [1.82, 2.24) is 9.80 Å². The number of amides is 1. The molecule has 0 aromatic heterocycles. The topological polar surface area (TPSA) is 88.5 Å². The smallest absolute Gasteiger partial charge is 0.295 e. The second kappa shape index (κ2) is 11.1. The first-order valence-corrected chi connectivity index (χ1v) is 12.0. The molecule has 2 aliphatic rings.